The summed E-state index contributed by atoms with van der Waals surface area (Å²) in [7, 11) is 1.45. The number of methoxy groups -OCH3 is 1. The first kappa shape index (κ1) is 11.6. The summed E-state index contributed by atoms with van der Waals surface area (Å²) < 4.78 is 4.92. The molecule has 0 radical (unpaired) electrons. The predicted octanol–water partition coefficient (Wildman–Crippen LogP) is 3.08. The van der Waals surface area contributed by atoms with Gasteiger partial charge in [0.05, 0.1) is 13.0 Å². The van der Waals surface area contributed by atoms with Gasteiger partial charge in [0, 0.05) is 0 Å². The van der Waals surface area contributed by atoms with Crippen LogP contribution in [0, 0.1) is 5.92 Å². The molecular weight excluding hydrogens is 212 g/mol. The van der Waals surface area contributed by atoms with Gasteiger partial charge in [-0.2, -0.15) is 0 Å². The molecule has 0 spiro atoms. The van der Waals surface area contributed by atoms with E-state index in [9.17, 15) is 4.79 Å². The van der Waals surface area contributed by atoms with E-state index >= 15 is 0 Å². The normalized spacial score (nSPS) is 19.9. The predicted molar refractivity (Wildman–Crippen MR) is 67.6 cm³/mol. The fraction of sp³-hybridized carbons (Fsp3) is 0.267. The van der Waals surface area contributed by atoms with Crippen molar-refractivity contribution in [3.8, 4) is 0 Å². The van der Waals surface area contributed by atoms with Crippen LogP contribution in [-0.2, 0) is 9.53 Å². The fourth-order valence-corrected chi connectivity index (χ4v) is 2.19. The maximum absolute atomic E-state index is 11.9. The molecule has 0 saturated carbocycles. The Morgan fingerprint density at radius 1 is 1.29 bits per heavy atom. The van der Waals surface area contributed by atoms with E-state index in [1.54, 1.807) is 0 Å². The molecule has 2 atom stereocenters. The molecule has 1 aliphatic rings. The number of rotatable bonds is 3. The largest absolute Gasteiger partial charge is 0.469 e. The Hall–Kier alpha value is -1.83. The highest BCUT2D eigenvalue weighted by Crippen LogP contribution is 2.31. The summed E-state index contributed by atoms with van der Waals surface area (Å²) in [6, 6.07) is 9.82. The number of hydrogen-bond donors (Lipinski definition) is 0. The van der Waals surface area contributed by atoms with Crippen molar-refractivity contribution in [3.05, 3.63) is 60.2 Å². The monoisotopic (exact) mass is 228 g/mol. The van der Waals surface area contributed by atoms with E-state index in [1.165, 1.54) is 7.11 Å². The van der Waals surface area contributed by atoms with Crippen LogP contribution in [-0.4, -0.2) is 13.1 Å². The first-order valence-electron chi connectivity index (χ1n) is 5.79. The molecule has 0 amide bonds. The van der Waals surface area contributed by atoms with Crippen LogP contribution in [0.5, 0.6) is 0 Å². The van der Waals surface area contributed by atoms with Crippen LogP contribution in [0.3, 0.4) is 0 Å². The third-order valence-electron chi connectivity index (χ3n) is 3.06. The molecule has 2 unspecified atom stereocenters. The van der Waals surface area contributed by atoms with Crippen LogP contribution in [0.15, 0.2) is 54.6 Å². The van der Waals surface area contributed by atoms with Gasteiger partial charge in [-0.05, 0) is 17.9 Å². The first-order chi connectivity index (χ1) is 8.33. The molecule has 0 saturated heterocycles. The van der Waals surface area contributed by atoms with Gasteiger partial charge in [0.2, 0.25) is 0 Å². The number of ether oxygens (including phenoxy) is 1. The molecule has 0 aliphatic heterocycles. The van der Waals surface area contributed by atoms with Crippen molar-refractivity contribution in [2.75, 3.05) is 7.11 Å². The van der Waals surface area contributed by atoms with Crippen LogP contribution in [0.2, 0.25) is 0 Å². The summed E-state index contributed by atoms with van der Waals surface area (Å²) in [6.07, 6.45) is 9.05. The van der Waals surface area contributed by atoms with Crippen molar-refractivity contribution in [1.29, 1.82) is 0 Å². The summed E-state index contributed by atoms with van der Waals surface area (Å²) in [4.78, 5) is 11.9. The molecule has 88 valence electrons. The Balaban J connectivity index is 2.28. The molecule has 2 heteroatoms. The van der Waals surface area contributed by atoms with Crippen LogP contribution in [0.25, 0.3) is 0 Å². The summed E-state index contributed by atoms with van der Waals surface area (Å²) in [6.45, 7) is 0. The third kappa shape index (κ3) is 2.64. The second kappa shape index (κ2) is 5.48. The molecule has 1 aromatic carbocycles. The minimum absolute atomic E-state index is 0.166. The average Bonchev–Trinajstić information content (AvgIpc) is 2.41. The van der Waals surface area contributed by atoms with E-state index in [4.69, 9.17) is 4.74 Å². The van der Waals surface area contributed by atoms with Gasteiger partial charge in [0.15, 0.2) is 0 Å². The van der Waals surface area contributed by atoms with Gasteiger partial charge in [-0.25, -0.2) is 0 Å². The van der Waals surface area contributed by atoms with Gasteiger partial charge in [-0.1, -0.05) is 54.6 Å². The number of hydrogen-bond acceptors (Lipinski definition) is 2. The smallest absolute Gasteiger partial charge is 0.313 e. The molecule has 0 fully saturated rings. The fourth-order valence-electron chi connectivity index (χ4n) is 2.19. The van der Waals surface area contributed by atoms with E-state index in [0.717, 1.165) is 12.0 Å². The Labute approximate surface area is 102 Å². The average molecular weight is 228 g/mol. The molecular formula is C15H16O2. The Morgan fingerprint density at radius 2 is 2.06 bits per heavy atom. The topological polar surface area (TPSA) is 26.3 Å². The van der Waals surface area contributed by atoms with Crippen molar-refractivity contribution in [3.63, 3.8) is 0 Å². The van der Waals surface area contributed by atoms with E-state index in [-0.39, 0.29) is 17.8 Å². The summed E-state index contributed by atoms with van der Waals surface area (Å²) in [5.74, 6) is -0.182. The van der Waals surface area contributed by atoms with Crippen LogP contribution < -0.4 is 0 Å². The van der Waals surface area contributed by atoms with Crippen molar-refractivity contribution >= 4 is 5.97 Å². The number of carbonyl (C=O) groups is 1. The molecule has 0 heterocycles. The van der Waals surface area contributed by atoms with Gasteiger partial charge < -0.3 is 4.74 Å². The third-order valence-corrected chi connectivity index (χ3v) is 3.06. The molecule has 0 aromatic heterocycles. The lowest BCUT2D eigenvalue weighted by atomic mass is 9.82. The van der Waals surface area contributed by atoms with Crippen molar-refractivity contribution in [2.45, 2.75) is 12.3 Å². The quantitative estimate of drug-likeness (QED) is 0.743. The zero-order chi connectivity index (χ0) is 12.1. The SMILES string of the molecule is COC(=O)C(c1ccccc1)C1C=CC=CC1. The molecule has 1 aromatic rings. The zero-order valence-corrected chi connectivity index (χ0v) is 9.87. The number of benzene rings is 1. The van der Waals surface area contributed by atoms with Crippen LogP contribution >= 0.6 is 0 Å². The standard InChI is InChI=1S/C15H16O2/c1-17-15(16)14(12-8-4-2-5-9-12)13-10-6-3-7-11-13/h2-10,13-14H,11H2,1H3. The number of allylic oxidation sites excluding steroid dienone is 4. The van der Waals surface area contributed by atoms with Crippen molar-refractivity contribution in [2.24, 2.45) is 5.92 Å². The van der Waals surface area contributed by atoms with Crippen LogP contribution in [0.1, 0.15) is 17.9 Å². The number of esters is 1. The summed E-state index contributed by atoms with van der Waals surface area (Å²) >= 11 is 0. The first-order valence-corrected chi connectivity index (χ1v) is 5.79. The molecule has 1 aliphatic carbocycles. The second-order valence-corrected chi connectivity index (χ2v) is 4.12. The van der Waals surface area contributed by atoms with Gasteiger partial charge in [0.1, 0.15) is 0 Å². The molecule has 0 bridgehead atoms. The maximum atomic E-state index is 11.9. The molecule has 2 nitrogen and oxygen atoms in total. The van der Waals surface area contributed by atoms with Gasteiger partial charge in [-0.15, -0.1) is 0 Å². The maximum Gasteiger partial charge on any atom is 0.313 e. The van der Waals surface area contributed by atoms with Gasteiger partial charge in [-0.3, -0.25) is 4.79 Å². The molecule has 2 rings (SSSR count). The highest BCUT2D eigenvalue weighted by atomic mass is 16.5. The number of carbonyl (C=O) groups excluding carboxylic acids is 1. The van der Waals surface area contributed by atoms with E-state index in [1.807, 2.05) is 42.5 Å². The lowest BCUT2D eigenvalue weighted by molar-refractivity contribution is -0.143. The van der Waals surface area contributed by atoms with Crippen molar-refractivity contribution < 1.29 is 9.53 Å². The van der Waals surface area contributed by atoms with Gasteiger partial charge >= 0.3 is 5.97 Å². The van der Waals surface area contributed by atoms with Gasteiger partial charge in [0.25, 0.3) is 0 Å². The van der Waals surface area contributed by atoms with E-state index in [0.29, 0.717) is 0 Å². The Kier molecular flexibility index (Phi) is 3.76. The Bertz CT molecular complexity index is 431. The highest BCUT2D eigenvalue weighted by Gasteiger charge is 2.28. The Morgan fingerprint density at radius 3 is 2.65 bits per heavy atom. The lowest BCUT2D eigenvalue weighted by Gasteiger charge is -2.23. The lowest BCUT2D eigenvalue weighted by Crippen LogP contribution is -2.22. The molecule has 0 N–H and O–H groups in total. The second-order valence-electron chi connectivity index (χ2n) is 4.12. The van der Waals surface area contributed by atoms with Crippen LogP contribution in [0.4, 0.5) is 0 Å². The summed E-state index contributed by atoms with van der Waals surface area (Å²) in [5, 5.41) is 0. The van der Waals surface area contributed by atoms with Crippen molar-refractivity contribution in [1.82, 2.24) is 0 Å². The minimum Gasteiger partial charge on any atom is -0.469 e. The summed E-state index contributed by atoms with van der Waals surface area (Å²) in [5.41, 5.74) is 1.02. The van der Waals surface area contributed by atoms with E-state index in [2.05, 4.69) is 12.2 Å². The highest BCUT2D eigenvalue weighted by molar-refractivity contribution is 5.78. The molecule has 17 heavy (non-hydrogen) atoms. The van der Waals surface area contributed by atoms with E-state index < -0.39 is 0 Å². The minimum atomic E-state index is -0.206. The zero-order valence-electron chi connectivity index (χ0n) is 9.87.